The lowest BCUT2D eigenvalue weighted by atomic mass is 10.0. The molecule has 0 bridgehead atoms. The monoisotopic (exact) mass is 370 g/mol. The molecular weight excluding hydrogens is 348 g/mol. The average Bonchev–Trinajstić information content (AvgIpc) is 2.99. The van der Waals surface area contributed by atoms with Crippen LogP contribution in [0.3, 0.4) is 0 Å². The predicted molar refractivity (Wildman–Crippen MR) is 104 cm³/mol. The van der Waals surface area contributed by atoms with Crippen LogP contribution in [0.25, 0.3) is 0 Å². The first-order chi connectivity index (χ1) is 12.5. The van der Waals surface area contributed by atoms with Crippen molar-refractivity contribution in [3.05, 3.63) is 64.2 Å². The van der Waals surface area contributed by atoms with E-state index in [1.807, 2.05) is 49.4 Å². The number of para-hydroxylation sites is 1. The maximum absolute atomic E-state index is 12.7. The van der Waals surface area contributed by atoms with Crippen LogP contribution in [0.4, 0.5) is 5.69 Å². The first kappa shape index (κ1) is 18.5. The first-order valence-corrected chi connectivity index (χ1v) is 9.27. The van der Waals surface area contributed by atoms with Gasteiger partial charge >= 0.3 is 0 Å². The highest BCUT2D eigenvalue weighted by Gasteiger charge is 2.34. The van der Waals surface area contributed by atoms with Crippen molar-refractivity contribution in [3.8, 4) is 0 Å². The van der Waals surface area contributed by atoms with E-state index in [9.17, 15) is 9.59 Å². The standard InChI is InChI=1S/C21H23ClN2O2/c1-3-16-6-4-5-14(2)20(16)23-21(26)17-11-19(25)24(13-17)12-15-7-9-18(22)10-8-15/h4-10,17H,3,11-13H2,1-2H3,(H,23,26). The van der Waals surface area contributed by atoms with Crippen molar-refractivity contribution in [1.29, 1.82) is 0 Å². The predicted octanol–water partition coefficient (Wildman–Crippen LogP) is 4.20. The fraction of sp³-hybridized carbons (Fsp3) is 0.333. The summed E-state index contributed by atoms with van der Waals surface area (Å²) in [4.78, 5) is 26.8. The van der Waals surface area contributed by atoms with Gasteiger partial charge in [-0.1, -0.05) is 48.9 Å². The fourth-order valence-electron chi connectivity index (χ4n) is 3.34. The number of hydrogen-bond acceptors (Lipinski definition) is 2. The first-order valence-electron chi connectivity index (χ1n) is 8.89. The molecule has 1 unspecified atom stereocenters. The summed E-state index contributed by atoms with van der Waals surface area (Å²) in [5.74, 6) is -0.388. The number of nitrogens with zero attached hydrogens (tertiary/aromatic N) is 1. The van der Waals surface area contributed by atoms with Crippen molar-refractivity contribution in [2.24, 2.45) is 5.92 Å². The van der Waals surface area contributed by atoms with Gasteiger partial charge in [0.1, 0.15) is 0 Å². The Balaban J connectivity index is 1.66. The number of carbonyl (C=O) groups excluding carboxylic acids is 2. The van der Waals surface area contributed by atoms with E-state index in [-0.39, 0.29) is 24.2 Å². The van der Waals surface area contributed by atoms with Gasteiger partial charge in [0.25, 0.3) is 0 Å². The molecule has 136 valence electrons. The maximum Gasteiger partial charge on any atom is 0.229 e. The summed E-state index contributed by atoms with van der Waals surface area (Å²) in [6.45, 7) is 5.00. The smallest absolute Gasteiger partial charge is 0.229 e. The molecule has 0 spiro atoms. The SMILES string of the molecule is CCc1cccc(C)c1NC(=O)C1CC(=O)N(Cc2ccc(Cl)cc2)C1. The van der Waals surface area contributed by atoms with Gasteiger partial charge in [0.2, 0.25) is 11.8 Å². The quantitative estimate of drug-likeness (QED) is 0.857. The molecule has 1 N–H and O–H groups in total. The number of anilines is 1. The molecule has 0 saturated carbocycles. The Morgan fingerprint density at radius 3 is 2.65 bits per heavy atom. The second kappa shape index (κ2) is 7.92. The molecule has 5 heteroatoms. The molecule has 1 aliphatic heterocycles. The van der Waals surface area contributed by atoms with Gasteiger partial charge in [-0.15, -0.1) is 0 Å². The summed E-state index contributed by atoms with van der Waals surface area (Å²) in [5, 5.41) is 3.72. The van der Waals surface area contributed by atoms with Crippen LogP contribution in [0.5, 0.6) is 0 Å². The molecule has 1 fully saturated rings. The lowest BCUT2D eigenvalue weighted by Gasteiger charge is -2.18. The Kier molecular flexibility index (Phi) is 5.62. The van der Waals surface area contributed by atoms with Crippen molar-refractivity contribution < 1.29 is 9.59 Å². The zero-order valence-corrected chi connectivity index (χ0v) is 15.8. The van der Waals surface area contributed by atoms with Gasteiger partial charge in [-0.3, -0.25) is 9.59 Å². The van der Waals surface area contributed by atoms with Crippen molar-refractivity contribution >= 4 is 29.1 Å². The highest BCUT2D eigenvalue weighted by molar-refractivity contribution is 6.30. The van der Waals surface area contributed by atoms with Gasteiger partial charge in [-0.25, -0.2) is 0 Å². The van der Waals surface area contributed by atoms with Crippen LogP contribution in [0, 0.1) is 12.8 Å². The van der Waals surface area contributed by atoms with Crippen LogP contribution < -0.4 is 5.32 Å². The van der Waals surface area contributed by atoms with Crippen molar-refractivity contribution in [2.45, 2.75) is 33.2 Å². The van der Waals surface area contributed by atoms with E-state index in [0.717, 1.165) is 28.8 Å². The van der Waals surface area contributed by atoms with E-state index in [1.165, 1.54) is 0 Å². The summed E-state index contributed by atoms with van der Waals surface area (Å²) in [6.07, 6.45) is 1.11. The molecule has 2 aromatic carbocycles. The Labute approximate surface area is 159 Å². The number of hydrogen-bond donors (Lipinski definition) is 1. The van der Waals surface area contributed by atoms with E-state index in [0.29, 0.717) is 18.1 Å². The minimum absolute atomic E-state index is 0.0144. The second-order valence-electron chi connectivity index (χ2n) is 6.75. The number of benzene rings is 2. The number of aryl methyl sites for hydroxylation is 2. The van der Waals surface area contributed by atoms with E-state index in [2.05, 4.69) is 12.2 Å². The normalized spacial score (nSPS) is 16.8. The third kappa shape index (κ3) is 4.07. The molecule has 0 aliphatic carbocycles. The molecule has 0 radical (unpaired) electrons. The third-order valence-corrected chi connectivity index (χ3v) is 5.11. The Hall–Kier alpha value is -2.33. The molecule has 1 heterocycles. The number of nitrogens with one attached hydrogen (secondary N) is 1. The number of carbonyl (C=O) groups is 2. The Morgan fingerprint density at radius 2 is 1.96 bits per heavy atom. The molecule has 0 aromatic heterocycles. The van der Waals surface area contributed by atoms with Gasteiger partial charge in [0.15, 0.2) is 0 Å². The van der Waals surface area contributed by atoms with Gasteiger partial charge in [-0.05, 0) is 42.2 Å². The molecule has 3 rings (SSSR count). The highest BCUT2D eigenvalue weighted by Crippen LogP contribution is 2.25. The van der Waals surface area contributed by atoms with Crippen molar-refractivity contribution in [1.82, 2.24) is 4.90 Å². The zero-order chi connectivity index (χ0) is 18.7. The summed E-state index contributed by atoms with van der Waals surface area (Å²) < 4.78 is 0. The average molecular weight is 371 g/mol. The Morgan fingerprint density at radius 1 is 1.23 bits per heavy atom. The highest BCUT2D eigenvalue weighted by atomic mass is 35.5. The maximum atomic E-state index is 12.7. The van der Waals surface area contributed by atoms with Crippen LogP contribution in [0.2, 0.25) is 5.02 Å². The molecule has 1 atom stereocenters. The van der Waals surface area contributed by atoms with E-state index in [1.54, 1.807) is 4.90 Å². The zero-order valence-electron chi connectivity index (χ0n) is 15.1. The summed E-state index contributed by atoms with van der Waals surface area (Å²) in [5.41, 5.74) is 4.04. The molecular formula is C21H23ClN2O2. The fourth-order valence-corrected chi connectivity index (χ4v) is 3.46. The van der Waals surface area contributed by atoms with Gasteiger partial charge in [0, 0.05) is 30.2 Å². The summed E-state index contributed by atoms with van der Waals surface area (Å²) >= 11 is 5.90. The summed E-state index contributed by atoms with van der Waals surface area (Å²) in [7, 11) is 0. The molecule has 2 aromatic rings. The number of halogens is 1. The van der Waals surface area contributed by atoms with Crippen LogP contribution in [0.15, 0.2) is 42.5 Å². The molecule has 4 nitrogen and oxygen atoms in total. The Bertz CT molecular complexity index is 817. The number of amides is 2. The van der Waals surface area contributed by atoms with E-state index in [4.69, 9.17) is 11.6 Å². The minimum Gasteiger partial charge on any atom is -0.338 e. The lowest BCUT2D eigenvalue weighted by Crippen LogP contribution is -2.28. The third-order valence-electron chi connectivity index (χ3n) is 4.86. The van der Waals surface area contributed by atoms with Gasteiger partial charge < -0.3 is 10.2 Å². The second-order valence-corrected chi connectivity index (χ2v) is 7.19. The number of likely N-dealkylation sites (tertiary alicyclic amines) is 1. The topological polar surface area (TPSA) is 49.4 Å². The van der Waals surface area contributed by atoms with Crippen LogP contribution in [-0.4, -0.2) is 23.3 Å². The van der Waals surface area contributed by atoms with Crippen LogP contribution in [-0.2, 0) is 22.6 Å². The summed E-state index contributed by atoms with van der Waals surface area (Å²) in [6, 6.07) is 13.4. The van der Waals surface area contributed by atoms with Gasteiger partial charge in [-0.2, -0.15) is 0 Å². The minimum atomic E-state index is -0.320. The molecule has 1 aliphatic rings. The van der Waals surface area contributed by atoms with Crippen LogP contribution in [0.1, 0.15) is 30.0 Å². The van der Waals surface area contributed by atoms with Gasteiger partial charge in [0.05, 0.1) is 5.92 Å². The molecule has 1 saturated heterocycles. The van der Waals surface area contributed by atoms with Crippen molar-refractivity contribution in [2.75, 3.05) is 11.9 Å². The molecule has 26 heavy (non-hydrogen) atoms. The lowest BCUT2D eigenvalue weighted by molar-refractivity contribution is -0.128. The number of rotatable bonds is 5. The largest absolute Gasteiger partial charge is 0.338 e. The van der Waals surface area contributed by atoms with E-state index >= 15 is 0 Å². The molecule has 2 amide bonds. The van der Waals surface area contributed by atoms with Crippen LogP contribution >= 0.6 is 11.6 Å². The van der Waals surface area contributed by atoms with E-state index < -0.39 is 0 Å². The van der Waals surface area contributed by atoms with Crippen molar-refractivity contribution in [3.63, 3.8) is 0 Å².